The molecule has 17 heteroatoms. The summed E-state index contributed by atoms with van der Waals surface area (Å²) in [5, 5.41) is 19.3. The predicted molar refractivity (Wildman–Crippen MR) is 190 cm³/mol. The number of amides is 6. The van der Waals surface area contributed by atoms with Gasteiger partial charge in [0.15, 0.2) is 0 Å². The summed E-state index contributed by atoms with van der Waals surface area (Å²) in [6.07, 6.45) is 6.62. The molecule has 288 valence electrons. The molecule has 1 aromatic carbocycles. The molecular formula is C36H49N7O10. The molecule has 6 atom stereocenters. The molecule has 6 amide bonds. The van der Waals surface area contributed by atoms with Crippen LogP contribution in [-0.2, 0) is 44.7 Å². The van der Waals surface area contributed by atoms with Gasteiger partial charge in [-0.05, 0) is 57.6 Å². The number of non-ortho nitro benzene ring substituents is 1. The van der Waals surface area contributed by atoms with Gasteiger partial charge in [0, 0.05) is 38.7 Å². The number of nitro groups is 1. The first-order chi connectivity index (χ1) is 25.2. The Morgan fingerprint density at radius 3 is 2.40 bits per heavy atom. The van der Waals surface area contributed by atoms with Crippen molar-refractivity contribution in [1.29, 1.82) is 0 Å². The van der Waals surface area contributed by atoms with E-state index in [-0.39, 0.29) is 38.0 Å². The highest BCUT2D eigenvalue weighted by Crippen LogP contribution is 2.24. The van der Waals surface area contributed by atoms with Crippen molar-refractivity contribution in [3.05, 3.63) is 52.1 Å². The standard InChI is InChI=1S/C36H49N7O10/c1-5-6-7-8-16-30(44)38-26(20-24-12-9-13-25(19-24)43(51)52)32(46)39-27-21-53-36(50)29-15-11-18-42(29)33(47)22(2)37-31(45)23(3)40(4)35(49)28-14-10-17-41(28)34(27)48/h8-9,12-13,16,19,22-23,26-29H,5-7,10-11,14-15,17-18,20-21H2,1-4H3,(H,37,45)(H,38,44)(H,39,46)/t22-,23-,26-,27-,28-,29-/m0/s1. The Morgan fingerprint density at radius 1 is 1.04 bits per heavy atom. The van der Waals surface area contributed by atoms with Crippen LogP contribution in [0.15, 0.2) is 36.4 Å². The van der Waals surface area contributed by atoms with E-state index in [1.54, 1.807) is 12.1 Å². The first-order valence-corrected chi connectivity index (χ1v) is 18.1. The molecule has 3 fully saturated rings. The summed E-state index contributed by atoms with van der Waals surface area (Å²) in [6.45, 7) is 4.72. The van der Waals surface area contributed by atoms with Crippen LogP contribution < -0.4 is 16.0 Å². The van der Waals surface area contributed by atoms with Crippen LogP contribution in [0.5, 0.6) is 0 Å². The highest BCUT2D eigenvalue weighted by Gasteiger charge is 2.43. The van der Waals surface area contributed by atoms with Gasteiger partial charge in [0.05, 0.1) is 4.92 Å². The van der Waals surface area contributed by atoms with E-state index in [4.69, 9.17) is 4.74 Å². The zero-order valence-corrected chi connectivity index (χ0v) is 30.6. The van der Waals surface area contributed by atoms with Crippen LogP contribution in [0.1, 0.15) is 71.3 Å². The Bertz CT molecular complexity index is 1620. The lowest BCUT2D eigenvalue weighted by atomic mass is 10.0. The van der Waals surface area contributed by atoms with Crippen LogP contribution in [0.2, 0.25) is 0 Å². The number of benzene rings is 1. The van der Waals surface area contributed by atoms with E-state index in [9.17, 15) is 43.7 Å². The van der Waals surface area contributed by atoms with Crippen LogP contribution in [0.4, 0.5) is 5.69 Å². The number of ether oxygens (including phenoxy) is 1. The number of esters is 1. The number of carbonyl (C=O) groups excluding carboxylic acids is 7. The summed E-state index contributed by atoms with van der Waals surface area (Å²) in [6, 6.07) is -1.28. The Morgan fingerprint density at radius 2 is 1.72 bits per heavy atom. The van der Waals surface area contributed by atoms with Gasteiger partial charge in [0.25, 0.3) is 5.69 Å². The average molecular weight is 740 g/mol. The molecule has 0 aliphatic carbocycles. The summed E-state index contributed by atoms with van der Waals surface area (Å²) in [4.78, 5) is 110. The van der Waals surface area contributed by atoms with Gasteiger partial charge in [0.2, 0.25) is 35.4 Å². The van der Waals surface area contributed by atoms with Crippen molar-refractivity contribution >= 4 is 47.1 Å². The van der Waals surface area contributed by atoms with Crippen molar-refractivity contribution in [2.75, 3.05) is 26.7 Å². The Labute approximate surface area is 307 Å². The number of hydrogen-bond acceptors (Lipinski definition) is 10. The molecule has 3 saturated heterocycles. The van der Waals surface area contributed by atoms with Gasteiger partial charge < -0.3 is 35.4 Å². The molecule has 0 bridgehead atoms. The third-order valence-electron chi connectivity index (χ3n) is 9.86. The zero-order valence-electron chi connectivity index (χ0n) is 30.6. The number of carbonyl (C=O) groups is 7. The van der Waals surface area contributed by atoms with Gasteiger partial charge in [-0.15, -0.1) is 0 Å². The molecule has 0 saturated carbocycles. The van der Waals surface area contributed by atoms with Gasteiger partial charge in [-0.1, -0.05) is 38.0 Å². The van der Waals surface area contributed by atoms with Crippen molar-refractivity contribution in [3.8, 4) is 0 Å². The molecular weight excluding hydrogens is 690 g/mol. The lowest BCUT2D eigenvalue weighted by Gasteiger charge is -2.34. The van der Waals surface area contributed by atoms with Crippen molar-refractivity contribution in [1.82, 2.24) is 30.7 Å². The molecule has 0 unspecified atom stereocenters. The Balaban J connectivity index is 1.66. The van der Waals surface area contributed by atoms with Crippen LogP contribution in [0.3, 0.4) is 0 Å². The SMILES string of the molecule is CCCCC=CC(=O)N[C@@H](Cc1cccc([N+](=O)[O-])c1)C(=O)N[C@H]1COC(=O)[C@@H]2CCCN2C(=O)[C@H](C)NC(=O)[C@H](C)N(C)C(=O)[C@@H]2CCCN2C1=O. The molecule has 3 heterocycles. The smallest absolute Gasteiger partial charge is 0.328 e. The number of allylic oxidation sites excluding steroid dienone is 1. The second-order valence-electron chi connectivity index (χ2n) is 13.7. The van der Waals surface area contributed by atoms with Gasteiger partial charge in [-0.3, -0.25) is 38.9 Å². The second-order valence-corrected chi connectivity index (χ2v) is 13.7. The van der Waals surface area contributed by atoms with E-state index in [2.05, 4.69) is 16.0 Å². The van der Waals surface area contributed by atoms with Gasteiger partial charge >= 0.3 is 5.97 Å². The molecule has 53 heavy (non-hydrogen) atoms. The van der Waals surface area contributed by atoms with Gasteiger partial charge in [0.1, 0.15) is 42.9 Å². The number of fused-ring (bicyclic) bond motifs is 2. The molecule has 0 spiro atoms. The first-order valence-electron chi connectivity index (χ1n) is 18.1. The van der Waals surface area contributed by atoms with E-state index in [0.29, 0.717) is 24.8 Å². The second kappa shape index (κ2) is 18.4. The summed E-state index contributed by atoms with van der Waals surface area (Å²) in [5.41, 5.74) is 0.138. The zero-order chi connectivity index (χ0) is 38.8. The fourth-order valence-corrected chi connectivity index (χ4v) is 6.69. The van der Waals surface area contributed by atoms with Crippen molar-refractivity contribution in [2.45, 2.75) is 108 Å². The van der Waals surface area contributed by atoms with E-state index in [1.165, 1.54) is 59.9 Å². The quantitative estimate of drug-likeness (QED) is 0.101. The average Bonchev–Trinajstić information content (AvgIpc) is 3.84. The van der Waals surface area contributed by atoms with E-state index < -0.39 is 89.2 Å². The highest BCUT2D eigenvalue weighted by molar-refractivity contribution is 5.98. The van der Waals surface area contributed by atoms with Crippen LogP contribution in [-0.4, -0.2) is 124 Å². The van der Waals surface area contributed by atoms with Gasteiger partial charge in [-0.25, -0.2) is 4.79 Å². The maximum absolute atomic E-state index is 14.2. The molecule has 1 aromatic rings. The lowest BCUT2D eigenvalue weighted by Crippen LogP contribution is -2.60. The minimum absolute atomic E-state index is 0.141. The molecule has 0 aromatic heterocycles. The van der Waals surface area contributed by atoms with Crippen LogP contribution in [0, 0.1) is 10.1 Å². The number of cyclic esters (lactones) is 1. The highest BCUT2D eigenvalue weighted by atomic mass is 16.6. The van der Waals surface area contributed by atoms with E-state index in [1.807, 2.05) is 6.92 Å². The molecule has 3 aliphatic rings. The van der Waals surface area contributed by atoms with Crippen molar-refractivity contribution in [2.24, 2.45) is 0 Å². The molecule has 0 radical (unpaired) electrons. The predicted octanol–water partition coefficient (Wildman–Crippen LogP) is 0.744. The Kier molecular flexibility index (Phi) is 14.0. The van der Waals surface area contributed by atoms with Crippen molar-refractivity contribution < 1.29 is 43.2 Å². The van der Waals surface area contributed by atoms with E-state index >= 15 is 0 Å². The number of likely N-dealkylation sites (N-methyl/N-ethyl adjacent to an activating group) is 1. The molecule has 3 aliphatic heterocycles. The van der Waals surface area contributed by atoms with Gasteiger partial charge in [-0.2, -0.15) is 0 Å². The summed E-state index contributed by atoms with van der Waals surface area (Å²) < 4.78 is 5.60. The van der Waals surface area contributed by atoms with Crippen LogP contribution >= 0.6 is 0 Å². The Hall–Kier alpha value is -5.35. The number of unbranched alkanes of at least 4 members (excludes halogenated alkanes) is 2. The molecule has 17 nitrogen and oxygen atoms in total. The van der Waals surface area contributed by atoms with Crippen LogP contribution in [0.25, 0.3) is 0 Å². The fourth-order valence-electron chi connectivity index (χ4n) is 6.69. The molecule has 3 N–H and O–H groups in total. The largest absolute Gasteiger partial charge is 0.461 e. The first kappa shape index (κ1) is 40.4. The number of hydrogen-bond donors (Lipinski definition) is 3. The van der Waals surface area contributed by atoms with Crippen molar-refractivity contribution in [3.63, 3.8) is 0 Å². The number of rotatable bonds is 10. The third kappa shape index (κ3) is 10.2. The lowest BCUT2D eigenvalue weighted by molar-refractivity contribution is -0.384. The minimum Gasteiger partial charge on any atom is -0.461 e. The number of nitrogens with zero attached hydrogens (tertiary/aromatic N) is 4. The fraction of sp³-hybridized carbons (Fsp3) is 0.583. The topological polar surface area (TPSA) is 218 Å². The summed E-state index contributed by atoms with van der Waals surface area (Å²) >= 11 is 0. The monoisotopic (exact) mass is 739 g/mol. The summed E-state index contributed by atoms with van der Waals surface area (Å²) in [5.74, 6) is -4.62. The maximum atomic E-state index is 14.2. The molecule has 4 rings (SSSR count). The normalized spacial score (nSPS) is 25.1. The maximum Gasteiger partial charge on any atom is 0.328 e. The number of nitrogens with one attached hydrogen (secondary N) is 3. The number of nitro benzene ring substituents is 1. The van der Waals surface area contributed by atoms with E-state index in [0.717, 1.165) is 12.8 Å². The third-order valence-corrected chi connectivity index (χ3v) is 9.86. The summed E-state index contributed by atoms with van der Waals surface area (Å²) in [7, 11) is 1.43. The minimum atomic E-state index is -1.52.